The van der Waals surface area contributed by atoms with Crippen molar-refractivity contribution in [3.05, 3.63) is 69.7 Å². The van der Waals surface area contributed by atoms with Gasteiger partial charge in [0, 0.05) is 0 Å². The van der Waals surface area contributed by atoms with Crippen molar-refractivity contribution in [2.45, 2.75) is 19.3 Å². The van der Waals surface area contributed by atoms with Crippen molar-refractivity contribution < 1.29 is 0 Å². The molecule has 0 aliphatic rings. The monoisotopic (exact) mass is 281 g/mol. The Kier molecular flexibility index (Phi) is 5.67. The maximum atomic E-state index is 6.03. The van der Waals surface area contributed by atoms with Crippen LogP contribution >= 0.6 is 23.2 Å². The molecule has 0 aromatic heterocycles. The van der Waals surface area contributed by atoms with Crippen molar-refractivity contribution >= 4 is 23.2 Å². The van der Waals surface area contributed by atoms with E-state index in [1.807, 2.05) is 24.3 Å². The van der Waals surface area contributed by atoms with E-state index < -0.39 is 0 Å². The summed E-state index contributed by atoms with van der Waals surface area (Å²) in [5.74, 6) is 0.437. The van der Waals surface area contributed by atoms with Gasteiger partial charge in [-0.25, -0.2) is 0 Å². The van der Waals surface area contributed by atoms with Crippen LogP contribution in [-0.2, 0) is 6.42 Å². The van der Waals surface area contributed by atoms with Crippen LogP contribution in [0.5, 0.6) is 0 Å². The molecule has 0 bridgehead atoms. The fourth-order valence-corrected chi connectivity index (χ4v) is 2.21. The Morgan fingerprint density at radius 2 is 1.61 bits per heavy atom. The second-order valence-electron chi connectivity index (χ2n) is 4.26. The Balaban J connectivity index is 0.00000162. The van der Waals surface area contributed by atoms with Crippen LogP contribution in [0.15, 0.2) is 48.5 Å². The predicted octanol–water partition coefficient (Wildman–Crippen LogP) is 5.50. The summed E-state index contributed by atoms with van der Waals surface area (Å²) in [5, 5.41) is 1.24. The molecule has 18 heavy (non-hydrogen) atoms. The van der Waals surface area contributed by atoms with E-state index in [-0.39, 0.29) is 6.15 Å². The fourth-order valence-electron chi connectivity index (χ4n) is 1.90. The molecule has 0 amide bonds. The normalized spacial score (nSPS) is 11.7. The van der Waals surface area contributed by atoms with Crippen LogP contribution < -0.4 is 6.15 Å². The van der Waals surface area contributed by atoms with Gasteiger partial charge >= 0.3 is 0 Å². The molecule has 0 saturated carbocycles. The zero-order valence-corrected chi connectivity index (χ0v) is 11.9. The number of halogens is 2. The first-order valence-electron chi connectivity index (χ1n) is 5.65. The summed E-state index contributed by atoms with van der Waals surface area (Å²) < 4.78 is 0. The molecule has 1 nitrogen and oxygen atoms in total. The highest BCUT2D eigenvalue weighted by Gasteiger charge is 2.08. The summed E-state index contributed by atoms with van der Waals surface area (Å²) in [6, 6.07) is 16.3. The first-order valence-corrected chi connectivity index (χ1v) is 6.41. The van der Waals surface area contributed by atoms with Gasteiger partial charge in [-0.15, -0.1) is 0 Å². The van der Waals surface area contributed by atoms with E-state index in [2.05, 4.69) is 31.2 Å². The molecule has 1 unspecified atom stereocenters. The van der Waals surface area contributed by atoms with Gasteiger partial charge in [-0.3, -0.25) is 0 Å². The van der Waals surface area contributed by atoms with Gasteiger partial charge in [0.2, 0.25) is 0 Å². The number of rotatable bonds is 3. The van der Waals surface area contributed by atoms with Crippen LogP contribution in [0.4, 0.5) is 0 Å². The first-order chi connectivity index (χ1) is 8.16. The smallest absolute Gasteiger partial charge is 0.0595 e. The highest BCUT2D eigenvalue weighted by atomic mass is 35.5. The van der Waals surface area contributed by atoms with Crippen molar-refractivity contribution in [1.29, 1.82) is 0 Å². The summed E-state index contributed by atoms with van der Waals surface area (Å²) in [7, 11) is 0. The Labute approximate surface area is 118 Å². The van der Waals surface area contributed by atoms with Gasteiger partial charge in [0.05, 0.1) is 10.0 Å². The Morgan fingerprint density at radius 1 is 0.944 bits per heavy atom. The molecule has 2 aromatic carbocycles. The summed E-state index contributed by atoms with van der Waals surface area (Å²) in [6.07, 6.45) is 1.01. The molecule has 0 saturated heterocycles. The van der Waals surface area contributed by atoms with Crippen molar-refractivity contribution in [2.24, 2.45) is 0 Å². The van der Waals surface area contributed by atoms with E-state index in [1.54, 1.807) is 0 Å². The van der Waals surface area contributed by atoms with Crippen LogP contribution in [0.1, 0.15) is 24.0 Å². The van der Waals surface area contributed by atoms with Gasteiger partial charge in [-0.1, -0.05) is 66.5 Å². The third-order valence-electron chi connectivity index (χ3n) is 2.90. The lowest BCUT2D eigenvalue weighted by atomic mass is 9.94. The van der Waals surface area contributed by atoms with Crippen molar-refractivity contribution in [3.8, 4) is 0 Å². The summed E-state index contributed by atoms with van der Waals surface area (Å²) in [6.45, 7) is 2.20. The van der Waals surface area contributed by atoms with Gasteiger partial charge in [-0.2, -0.15) is 0 Å². The van der Waals surface area contributed by atoms with Gasteiger partial charge < -0.3 is 6.15 Å². The molecule has 0 aliphatic heterocycles. The Morgan fingerprint density at radius 3 is 2.22 bits per heavy atom. The van der Waals surface area contributed by atoms with Crippen molar-refractivity contribution in [2.75, 3.05) is 0 Å². The van der Waals surface area contributed by atoms with E-state index in [0.717, 1.165) is 6.42 Å². The highest BCUT2D eigenvalue weighted by Crippen LogP contribution is 2.28. The van der Waals surface area contributed by atoms with Crippen LogP contribution in [0, 0.1) is 0 Å². The molecule has 0 fully saturated rings. The fraction of sp³-hybridized carbons (Fsp3) is 0.200. The van der Waals surface area contributed by atoms with Crippen molar-refractivity contribution in [1.82, 2.24) is 6.15 Å². The molecular formula is C15H17Cl2N. The van der Waals surface area contributed by atoms with E-state index in [0.29, 0.717) is 16.0 Å². The Hall–Kier alpha value is -1.02. The molecule has 0 spiro atoms. The largest absolute Gasteiger partial charge is 0.344 e. The Bertz CT molecular complexity index is 497. The summed E-state index contributed by atoms with van der Waals surface area (Å²) >= 11 is 11.9. The SMILES string of the molecule is CC(Cc1ccccc1)c1ccc(Cl)c(Cl)c1.N. The van der Waals surface area contributed by atoms with Crippen LogP contribution in [0.25, 0.3) is 0 Å². The van der Waals surface area contributed by atoms with Gasteiger partial charge in [0.25, 0.3) is 0 Å². The maximum absolute atomic E-state index is 6.03. The van der Waals surface area contributed by atoms with Gasteiger partial charge in [0.15, 0.2) is 0 Å². The second-order valence-corrected chi connectivity index (χ2v) is 5.08. The lowest BCUT2D eigenvalue weighted by molar-refractivity contribution is 0.759. The van der Waals surface area contributed by atoms with Gasteiger partial charge in [0.1, 0.15) is 0 Å². The molecule has 2 rings (SSSR count). The molecule has 3 heteroatoms. The lowest BCUT2D eigenvalue weighted by Gasteiger charge is -2.12. The zero-order chi connectivity index (χ0) is 12.3. The van der Waals surface area contributed by atoms with Crippen LogP contribution in [0.3, 0.4) is 0 Å². The second kappa shape index (κ2) is 6.79. The first kappa shape index (κ1) is 15.0. The van der Waals surface area contributed by atoms with Crippen LogP contribution in [-0.4, -0.2) is 0 Å². The molecule has 96 valence electrons. The van der Waals surface area contributed by atoms with Crippen LogP contribution in [0.2, 0.25) is 10.0 Å². The van der Waals surface area contributed by atoms with E-state index in [4.69, 9.17) is 23.2 Å². The molecule has 2 aromatic rings. The minimum absolute atomic E-state index is 0. The summed E-state index contributed by atoms with van der Waals surface area (Å²) in [5.41, 5.74) is 2.56. The van der Waals surface area contributed by atoms with Crippen molar-refractivity contribution in [3.63, 3.8) is 0 Å². The standard InChI is InChI=1S/C15H14Cl2.H3N/c1-11(9-12-5-3-2-4-6-12)13-7-8-14(16)15(17)10-13;/h2-8,10-11H,9H2,1H3;1H3. The molecule has 0 aliphatic carbocycles. The summed E-state index contributed by atoms with van der Waals surface area (Å²) in [4.78, 5) is 0. The van der Waals surface area contributed by atoms with E-state index >= 15 is 0 Å². The topological polar surface area (TPSA) is 35.0 Å². The van der Waals surface area contributed by atoms with E-state index in [9.17, 15) is 0 Å². The minimum atomic E-state index is 0. The molecule has 1 atom stereocenters. The molecule has 3 N–H and O–H groups in total. The molecular weight excluding hydrogens is 265 g/mol. The number of benzene rings is 2. The lowest BCUT2D eigenvalue weighted by Crippen LogP contribution is -1.98. The maximum Gasteiger partial charge on any atom is 0.0595 e. The molecule has 0 radical (unpaired) electrons. The number of hydrogen-bond donors (Lipinski definition) is 1. The van der Waals surface area contributed by atoms with Gasteiger partial charge in [-0.05, 0) is 35.6 Å². The molecule has 0 heterocycles. The zero-order valence-electron chi connectivity index (χ0n) is 10.4. The average molecular weight is 282 g/mol. The number of hydrogen-bond acceptors (Lipinski definition) is 1. The predicted molar refractivity (Wildman–Crippen MR) is 80.0 cm³/mol. The third-order valence-corrected chi connectivity index (χ3v) is 3.64. The third kappa shape index (κ3) is 3.74. The average Bonchev–Trinajstić information content (AvgIpc) is 2.34. The highest BCUT2D eigenvalue weighted by molar-refractivity contribution is 6.42. The minimum Gasteiger partial charge on any atom is -0.344 e. The quantitative estimate of drug-likeness (QED) is 0.792. The van der Waals surface area contributed by atoms with E-state index in [1.165, 1.54) is 11.1 Å².